The number of benzene rings is 1. The van der Waals surface area contributed by atoms with Gasteiger partial charge in [-0.15, -0.1) is 0 Å². The van der Waals surface area contributed by atoms with Crippen LogP contribution in [0.15, 0.2) is 22.7 Å². The number of hydrogen-bond donors (Lipinski definition) is 1. The molecule has 2 heteroatoms. The van der Waals surface area contributed by atoms with E-state index in [0.717, 1.165) is 12.5 Å². The number of hydrogen-bond acceptors (Lipinski definition) is 1. The lowest BCUT2D eigenvalue weighted by Crippen LogP contribution is -2.22. The van der Waals surface area contributed by atoms with Gasteiger partial charge in [0.15, 0.2) is 0 Å². The van der Waals surface area contributed by atoms with Crippen molar-refractivity contribution >= 4 is 15.9 Å². The summed E-state index contributed by atoms with van der Waals surface area (Å²) in [6, 6.07) is 7.31. The van der Waals surface area contributed by atoms with Crippen molar-refractivity contribution in [3.05, 3.63) is 33.8 Å². The van der Waals surface area contributed by atoms with Crippen LogP contribution in [0.5, 0.6) is 0 Å². The molecule has 0 saturated heterocycles. The summed E-state index contributed by atoms with van der Waals surface area (Å²) in [7, 11) is 0. The summed E-state index contributed by atoms with van der Waals surface area (Å²) in [4.78, 5) is 0. The predicted molar refractivity (Wildman–Crippen MR) is 81.9 cm³/mol. The topological polar surface area (TPSA) is 12.0 Å². The van der Waals surface area contributed by atoms with Crippen LogP contribution >= 0.6 is 15.9 Å². The molecule has 1 aromatic rings. The quantitative estimate of drug-likeness (QED) is 0.748. The maximum Gasteiger partial charge on any atom is 0.0320 e. The van der Waals surface area contributed by atoms with E-state index in [0.29, 0.717) is 6.04 Å². The minimum atomic E-state index is 0.530. The van der Waals surface area contributed by atoms with Crippen LogP contribution in [0.25, 0.3) is 0 Å². The first-order chi connectivity index (χ1) is 8.70. The Morgan fingerprint density at radius 1 is 1.39 bits per heavy atom. The molecule has 1 aliphatic carbocycles. The van der Waals surface area contributed by atoms with Gasteiger partial charge >= 0.3 is 0 Å². The minimum absolute atomic E-state index is 0.530. The van der Waals surface area contributed by atoms with E-state index in [9.17, 15) is 0 Å². The van der Waals surface area contributed by atoms with Crippen LogP contribution < -0.4 is 5.32 Å². The zero-order chi connectivity index (χ0) is 13.0. The van der Waals surface area contributed by atoms with Crippen LogP contribution in [0.2, 0.25) is 0 Å². The molecule has 0 spiro atoms. The molecule has 1 nitrogen and oxygen atoms in total. The molecular weight excluding hydrogens is 286 g/mol. The second-order valence-corrected chi connectivity index (χ2v) is 6.39. The molecule has 1 fully saturated rings. The number of halogens is 1. The van der Waals surface area contributed by atoms with Crippen LogP contribution in [0.3, 0.4) is 0 Å². The van der Waals surface area contributed by atoms with E-state index in [1.807, 2.05) is 0 Å². The molecule has 0 bridgehead atoms. The summed E-state index contributed by atoms with van der Waals surface area (Å²) in [6.45, 7) is 5.49. The highest BCUT2D eigenvalue weighted by Crippen LogP contribution is 2.36. The third-order valence-corrected chi connectivity index (χ3v) is 4.65. The summed E-state index contributed by atoms with van der Waals surface area (Å²) in [5.74, 6) is 1.02. The van der Waals surface area contributed by atoms with Gasteiger partial charge in [0.25, 0.3) is 0 Å². The van der Waals surface area contributed by atoms with Gasteiger partial charge in [-0.05, 0) is 55.8 Å². The van der Waals surface area contributed by atoms with E-state index in [1.165, 1.54) is 47.7 Å². The molecule has 1 saturated carbocycles. The molecule has 1 atom stereocenters. The minimum Gasteiger partial charge on any atom is -0.310 e. The fourth-order valence-electron chi connectivity index (χ4n) is 2.34. The monoisotopic (exact) mass is 309 g/mol. The van der Waals surface area contributed by atoms with Crippen molar-refractivity contribution in [2.45, 2.75) is 52.0 Å². The van der Waals surface area contributed by atoms with Crippen LogP contribution in [0.4, 0.5) is 0 Å². The fraction of sp³-hybridized carbons (Fsp3) is 0.625. The largest absolute Gasteiger partial charge is 0.310 e. The summed E-state index contributed by atoms with van der Waals surface area (Å²) in [6.07, 6.45) is 6.77. The second-order valence-electron chi connectivity index (χ2n) is 5.54. The Balaban J connectivity index is 2.01. The SMILES string of the molecule is CCCNC(CCC1CC1)c1ccc(C)c(Br)c1. The summed E-state index contributed by atoms with van der Waals surface area (Å²) in [5.41, 5.74) is 2.75. The highest BCUT2D eigenvalue weighted by atomic mass is 79.9. The molecule has 1 unspecified atom stereocenters. The van der Waals surface area contributed by atoms with E-state index in [4.69, 9.17) is 0 Å². The van der Waals surface area contributed by atoms with E-state index in [-0.39, 0.29) is 0 Å². The molecule has 1 N–H and O–H groups in total. The normalized spacial score (nSPS) is 16.8. The first-order valence-electron chi connectivity index (χ1n) is 7.20. The Hall–Kier alpha value is -0.340. The molecule has 18 heavy (non-hydrogen) atoms. The van der Waals surface area contributed by atoms with Gasteiger partial charge < -0.3 is 5.32 Å². The van der Waals surface area contributed by atoms with Crippen LogP contribution in [-0.4, -0.2) is 6.54 Å². The standard InChI is InChI=1S/C16H24BrN/c1-3-10-18-16(9-7-13-5-6-13)14-8-4-12(2)15(17)11-14/h4,8,11,13,16,18H,3,5-7,9-10H2,1-2H3. The van der Waals surface area contributed by atoms with Crippen molar-refractivity contribution in [3.63, 3.8) is 0 Å². The number of nitrogens with one attached hydrogen (secondary N) is 1. The van der Waals surface area contributed by atoms with Gasteiger partial charge in [0.2, 0.25) is 0 Å². The molecule has 2 rings (SSSR count). The zero-order valence-corrected chi connectivity index (χ0v) is 13.1. The van der Waals surface area contributed by atoms with Crippen molar-refractivity contribution < 1.29 is 0 Å². The molecule has 1 aromatic carbocycles. The Morgan fingerprint density at radius 3 is 2.78 bits per heavy atom. The zero-order valence-electron chi connectivity index (χ0n) is 11.5. The van der Waals surface area contributed by atoms with Crippen molar-refractivity contribution in [1.29, 1.82) is 0 Å². The summed E-state index contributed by atoms with van der Waals surface area (Å²) >= 11 is 3.65. The molecule has 100 valence electrons. The van der Waals surface area contributed by atoms with Crippen LogP contribution in [0, 0.1) is 12.8 Å². The lowest BCUT2D eigenvalue weighted by atomic mass is 9.99. The summed E-state index contributed by atoms with van der Waals surface area (Å²) in [5, 5.41) is 3.69. The molecule has 0 amide bonds. The predicted octanol–water partition coefficient (Wildman–Crippen LogP) is 4.99. The lowest BCUT2D eigenvalue weighted by Gasteiger charge is -2.19. The average Bonchev–Trinajstić information content (AvgIpc) is 3.17. The second kappa shape index (κ2) is 6.72. The Kier molecular flexibility index (Phi) is 5.25. The Labute approximate surface area is 119 Å². The molecule has 0 aromatic heterocycles. The van der Waals surface area contributed by atoms with Crippen LogP contribution in [0.1, 0.15) is 56.2 Å². The van der Waals surface area contributed by atoms with E-state index in [1.54, 1.807) is 0 Å². The van der Waals surface area contributed by atoms with Gasteiger partial charge in [0, 0.05) is 10.5 Å². The van der Waals surface area contributed by atoms with Gasteiger partial charge in [-0.25, -0.2) is 0 Å². The average molecular weight is 310 g/mol. The van der Waals surface area contributed by atoms with Crippen molar-refractivity contribution in [2.75, 3.05) is 6.54 Å². The van der Waals surface area contributed by atoms with E-state index >= 15 is 0 Å². The smallest absolute Gasteiger partial charge is 0.0320 e. The van der Waals surface area contributed by atoms with Crippen molar-refractivity contribution in [3.8, 4) is 0 Å². The maximum absolute atomic E-state index is 3.69. The van der Waals surface area contributed by atoms with Gasteiger partial charge in [0.05, 0.1) is 0 Å². The van der Waals surface area contributed by atoms with E-state index in [2.05, 4.69) is 53.3 Å². The third kappa shape index (κ3) is 4.10. The van der Waals surface area contributed by atoms with Crippen molar-refractivity contribution in [1.82, 2.24) is 5.32 Å². The van der Waals surface area contributed by atoms with Gasteiger partial charge in [-0.2, -0.15) is 0 Å². The Bertz CT molecular complexity index is 385. The van der Waals surface area contributed by atoms with Crippen LogP contribution in [-0.2, 0) is 0 Å². The lowest BCUT2D eigenvalue weighted by molar-refractivity contribution is 0.470. The van der Waals surface area contributed by atoms with Crippen molar-refractivity contribution in [2.24, 2.45) is 5.92 Å². The third-order valence-electron chi connectivity index (χ3n) is 3.80. The number of aryl methyl sites for hydroxylation is 1. The molecular formula is C16H24BrN. The number of rotatable bonds is 7. The summed E-state index contributed by atoms with van der Waals surface area (Å²) < 4.78 is 1.23. The highest BCUT2D eigenvalue weighted by Gasteiger charge is 2.23. The molecule has 0 aliphatic heterocycles. The first-order valence-corrected chi connectivity index (χ1v) is 7.99. The maximum atomic E-state index is 3.69. The Morgan fingerprint density at radius 2 is 2.17 bits per heavy atom. The van der Waals surface area contributed by atoms with Gasteiger partial charge in [-0.3, -0.25) is 0 Å². The fourth-order valence-corrected chi connectivity index (χ4v) is 2.74. The highest BCUT2D eigenvalue weighted by molar-refractivity contribution is 9.10. The van der Waals surface area contributed by atoms with Gasteiger partial charge in [0.1, 0.15) is 0 Å². The van der Waals surface area contributed by atoms with E-state index < -0.39 is 0 Å². The molecule has 1 aliphatic rings. The molecule has 0 radical (unpaired) electrons. The molecule has 0 heterocycles. The first kappa shape index (κ1) is 14.1. The van der Waals surface area contributed by atoms with Gasteiger partial charge in [-0.1, -0.05) is 47.8 Å².